The van der Waals surface area contributed by atoms with Crippen molar-refractivity contribution in [1.29, 1.82) is 10.5 Å². The van der Waals surface area contributed by atoms with Gasteiger partial charge in [0, 0.05) is 12.3 Å². The highest BCUT2D eigenvalue weighted by atomic mass is 28.4. The molecule has 0 aromatic rings. The SMILES string of the molecule is CC(C)(C)[Si](C)(C)OC1=C[C@@H]2C[C@H]3CC(C#N)(C#N)C[C@]3(O2)C1=O. The number of Topliss-reactive ketones (excluding diaryl/α,β-unsaturated/α-hetero) is 1. The number of nitrogens with zero attached hydrogens (tertiary/aromatic N) is 2. The van der Waals surface area contributed by atoms with Gasteiger partial charge < -0.3 is 9.16 Å². The largest absolute Gasteiger partial charge is 0.541 e. The summed E-state index contributed by atoms with van der Waals surface area (Å²) in [6.45, 7) is 10.6. The van der Waals surface area contributed by atoms with Crippen LogP contribution in [0.25, 0.3) is 0 Å². The normalized spacial score (nSPS) is 34.1. The third-order valence-electron chi connectivity index (χ3n) is 6.24. The molecule has 24 heavy (non-hydrogen) atoms. The number of hydrogen-bond donors (Lipinski definition) is 0. The minimum atomic E-state index is -2.14. The Morgan fingerprint density at radius 1 is 1.33 bits per heavy atom. The highest BCUT2D eigenvalue weighted by Gasteiger charge is 2.67. The van der Waals surface area contributed by atoms with Crippen LogP contribution < -0.4 is 0 Å². The molecule has 6 heteroatoms. The first-order valence-electron chi connectivity index (χ1n) is 8.45. The topological polar surface area (TPSA) is 83.1 Å². The van der Waals surface area contributed by atoms with Gasteiger partial charge in [-0.15, -0.1) is 0 Å². The van der Waals surface area contributed by atoms with Crippen molar-refractivity contribution in [1.82, 2.24) is 0 Å². The first kappa shape index (κ1) is 17.2. The van der Waals surface area contributed by atoms with Gasteiger partial charge in [0.15, 0.2) is 0 Å². The molecule has 1 saturated carbocycles. The van der Waals surface area contributed by atoms with E-state index in [9.17, 15) is 15.3 Å². The molecule has 5 nitrogen and oxygen atoms in total. The summed E-state index contributed by atoms with van der Waals surface area (Å²) in [6.07, 6.45) is 2.91. The van der Waals surface area contributed by atoms with E-state index in [1.807, 2.05) is 6.08 Å². The van der Waals surface area contributed by atoms with Crippen LogP contribution >= 0.6 is 0 Å². The summed E-state index contributed by atoms with van der Waals surface area (Å²) in [4.78, 5) is 13.2. The Bertz CT molecular complexity index is 693. The summed E-state index contributed by atoms with van der Waals surface area (Å²) in [6, 6.07) is 4.23. The van der Waals surface area contributed by atoms with Crippen LogP contribution in [0.2, 0.25) is 18.1 Å². The summed E-state index contributed by atoms with van der Waals surface area (Å²) in [7, 11) is -2.14. The van der Waals surface area contributed by atoms with E-state index >= 15 is 0 Å². The zero-order chi connectivity index (χ0) is 18.0. The molecule has 2 bridgehead atoms. The molecule has 128 valence electrons. The molecule has 3 atom stereocenters. The van der Waals surface area contributed by atoms with E-state index in [4.69, 9.17) is 9.16 Å². The number of nitriles is 2. The second-order valence-electron chi connectivity index (χ2n) is 8.89. The summed E-state index contributed by atoms with van der Waals surface area (Å²) in [5, 5.41) is 18.9. The molecule has 2 fully saturated rings. The maximum Gasteiger partial charge on any atom is 0.250 e. The molecule has 2 aliphatic heterocycles. The molecule has 3 aliphatic rings. The van der Waals surface area contributed by atoms with Crippen molar-refractivity contribution in [2.75, 3.05) is 0 Å². The van der Waals surface area contributed by atoms with E-state index in [1.165, 1.54) is 0 Å². The lowest BCUT2D eigenvalue weighted by Gasteiger charge is -2.40. The Morgan fingerprint density at radius 2 is 1.96 bits per heavy atom. The van der Waals surface area contributed by atoms with Gasteiger partial charge in [0.05, 0.1) is 18.2 Å². The maximum atomic E-state index is 13.2. The second kappa shape index (κ2) is 4.94. The molecule has 0 radical (unpaired) electrons. The Labute approximate surface area is 144 Å². The molecule has 0 aromatic heterocycles. The van der Waals surface area contributed by atoms with Gasteiger partial charge in [-0.25, -0.2) is 0 Å². The minimum Gasteiger partial charge on any atom is -0.541 e. The van der Waals surface area contributed by atoms with E-state index in [0.29, 0.717) is 18.6 Å². The first-order valence-corrected chi connectivity index (χ1v) is 11.4. The number of carbonyl (C=O) groups excluding carboxylic acids is 1. The van der Waals surface area contributed by atoms with E-state index in [2.05, 4.69) is 46.0 Å². The van der Waals surface area contributed by atoms with Crippen molar-refractivity contribution in [2.24, 2.45) is 11.3 Å². The van der Waals surface area contributed by atoms with Crippen LogP contribution in [0.5, 0.6) is 0 Å². The average Bonchev–Trinajstić information content (AvgIpc) is 2.92. The van der Waals surface area contributed by atoms with E-state index in [0.717, 1.165) is 0 Å². The zero-order valence-corrected chi connectivity index (χ0v) is 16.0. The quantitative estimate of drug-likeness (QED) is 0.716. The van der Waals surface area contributed by atoms with Crippen molar-refractivity contribution in [3.63, 3.8) is 0 Å². The van der Waals surface area contributed by atoms with E-state index in [-0.39, 0.29) is 29.3 Å². The van der Waals surface area contributed by atoms with Crippen LogP contribution in [-0.2, 0) is 14.0 Å². The number of hydrogen-bond acceptors (Lipinski definition) is 5. The Morgan fingerprint density at radius 3 is 2.50 bits per heavy atom. The van der Waals surface area contributed by atoms with Crippen LogP contribution in [0.1, 0.15) is 40.0 Å². The molecular formula is C18H24N2O3Si. The fraction of sp³-hybridized carbons (Fsp3) is 0.722. The first-order chi connectivity index (χ1) is 11.0. The van der Waals surface area contributed by atoms with Gasteiger partial charge in [-0.05, 0) is 37.0 Å². The Kier molecular flexibility index (Phi) is 3.54. The maximum absolute atomic E-state index is 13.2. The van der Waals surface area contributed by atoms with Crippen LogP contribution in [0.3, 0.4) is 0 Å². The molecule has 1 aliphatic carbocycles. The molecule has 1 saturated heterocycles. The van der Waals surface area contributed by atoms with E-state index in [1.54, 1.807) is 0 Å². The molecule has 0 amide bonds. The number of carbonyl (C=O) groups is 1. The Hall–Kier alpha value is -1.63. The highest BCUT2D eigenvalue weighted by Crippen LogP contribution is 2.58. The number of fused-ring (bicyclic) bond motifs is 1. The van der Waals surface area contributed by atoms with Gasteiger partial charge in [0.1, 0.15) is 16.8 Å². The van der Waals surface area contributed by atoms with Gasteiger partial charge in [0.25, 0.3) is 8.32 Å². The lowest BCUT2D eigenvalue weighted by atomic mass is 9.85. The molecule has 0 unspecified atom stereocenters. The number of ether oxygens (including phenoxy) is 1. The van der Waals surface area contributed by atoms with Crippen LogP contribution in [-0.4, -0.2) is 25.8 Å². The lowest BCUT2D eigenvalue weighted by Crippen LogP contribution is -2.49. The molecule has 0 N–H and O–H groups in total. The third kappa shape index (κ3) is 2.24. The Balaban J connectivity index is 1.93. The molecule has 3 rings (SSSR count). The lowest BCUT2D eigenvalue weighted by molar-refractivity contribution is -0.145. The predicted molar refractivity (Wildman–Crippen MR) is 90.0 cm³/mol. The summed E-state index contributed by atoms with van der Waals surface area (Å²) >= 11 is 0. The van der Waals surface area contributed by atoms with Crippen molar-refractivity contribution in [2.45, 2.75) is 69.9 Å². The van der Waals surface area contributed by atoms with Gasteiger partial charge in [0.2, 0.25) is 5.78 Å². The predicted octanol–water partition coefficient (Wildman–Crippen LogP) is 3.45. The van der Waals surface area contributed by atoms with Gasteiger partial charge >= 0.3 is 0 Å². The van der Waals surface area contributed by atoms with Gasteiger partial charge in [-0.3, -0.25) is 4.79 Å². The van der Waals surface area contributed by atoms with Crippen molar-refractivity contribution in [3.05, 3.63) is 11.8 Å². The summed E-state index contributed by atoms with van der Waals surface area (Å²) < 4.78 is 12.3. The molecule has 2 heterocycles. The standard InChI is InChI=1S/C18H24N2O3Si/c1-16(2,3)24(4,5)23-14-7-13-6-12-8-17(10-19,11-20)9-18(12,22-13)15(14)21/h7,12-13H,6,8-9H2,1-5H3/t12-,13-,18+/m0/s1. The molecule has 0 aromatic carbocycles. The zero-order valence-electron chi connectivity index (χ0n) is 15.0. The van der Waals surface area contributed by atoms with Crippen molar-refractivity contribution in [3.8, 4) is 12.1 Å². The summed E-state index contributed by atoms with van der Waals surface area (Å²) in [5.41, 5.74) is -2.16. The molecular weight excluding hydrogens is 320 g/mol. The number of ketones is 1. The van der Waals surface area contributed by atoms with Crippen LogP contribution in [0.15, 0.2) is 11.8 Å². The fourth-order valence-corrected chi connectivity index (χ4v) is 4.86. The van der Waals surface area contributed by atoms with Gasteiger partial charge in [-0.2, -0.15) is 10.5 Å². The highest BCUT2D eigenvalue weighted by molar-refractivity contribution is 6.74. The second-order valence-corrected chi connectivity index (χ2v) is 13.6. The minimum absolute atomic E-state index is 0.0126. The van der Waals surface area contributed by atoms with Crippen molar-refractivity contribution < 1.29 is 14.0 Å². The third-order valence-corrected chi connectivity index (χ3v) is 10.6. The average molecular weight is 344 g/mol. The smallest absolute Gasteiger partial charge is 0.250 e. The summed E-state index contributed by atoms with van der Waals surface area (Å²) in [5.74, 6) is 0.150. The van der Waals surface area contributed by atoms with Crippen LogP contribution in [0, 0.1) is 34.0 Å². The van der Waals surface area contributed by atoms with E-state index < -0.39 is 19.3 Å². The van der Waals surface area contributed by atoms with Gasteiger partial charge in [-0.1, -0.05) is 20.8 Å². The monoisotopic (exact) mass is 344 g/mol. The fourth-order valence-electron chi connectivity index (χ4n) is 3.84. The van der Waals surface area contributed by atoms with Crippen LogP contribution in [0.4, 0.5) is 0 Å². The molecule has 1 spiro atoms. The number of rotatable bonds is 2. The van der Waals surface area contributed by atoms with Crippen molar-refractivity contribution >= 4 is 14.1 Å².